The van der Waals surface area contributed by atoms with Crippen LogP contribution in [0.4, 0.5) is 0 Å². The average Bonchev–Trinajstić information content (AvgIpc) is 2.96. The van der Waals surface area contributed by atoms with E-state index in [0.717, 1.165) is 19.4 Å². The molecule has 1 aromatic carbocycles. The molecule has 0 aliphatic heterocycles. The predicted octanol–water partition coefficient (Wildman–Crippen LogP) is 2.10. The van der Waals surface area contributed by atoms with Crippen LogP contribution in [0, 0.1) is 0 Å². The molecule has 6 heteroatoms. The van der Waals surface area contributed by atoms with Crippen LogP contribution in [0.1, 0.15) is 29.3 Å². The van der Waals surface area contributed by atoms with Crippen LogP contribution in [0.3, 0.4) is 0 Å². The normalized spacial score (nSPS) is 10.4. The van der Waals surface area contributed by atoms with E-state index >= 15 is 0 Å². The Morgan fingerprint density at radius 1 is 1.29 bits per heavy atom. The Kier molecular flexibility index (Phi) is 5.31. The fourth-order valence-electron chi connectivity index (χ4n) is 1.95. The van der Waals surface area contributed by atoms with E-state index in [4.69, 9.17) is 9.47 Å². The Bertz CT molecular complexity index is 578. The number of nitrogens with zero attached hydrogens (tertiary/aromatic N) is 3. The number of esters is 1. The van der Waals surface area contributed by atoms with Crippen molar-refractivity contribution >= 4 is 5.97 Å². The summed E-state index contributed by atoms with van der Waals surface area (Å²) in [4.78, 5) is 11.5. The molecule has 0 bridgehead atoms. The van der Waals surface area contributed by atoms with E-state index in [1.165, 1.54) is 5.56 Å². The van der Waals surface area contributed by atoms with Crippen molar-refractivity contribution in [2.75, 3.05) is 13.7 Å². The van der Waals surface area contributed by atoms with Gasteiger partial charge in [-0.05, 0) is 37.5 Å². The minimum absolute atomic E-state index is 0.279. The third-order valence-electron chi connectivity index (χ3n) is 3.04. The van der Waals surface area contributed by atoms with Gasteiger partial charge in [0, 0.05) is 6.54 Å². The van der Waals surface area contributed by atoms with Crippen LogP contribution in [-0.4, -0.2) is 34.7 Å². The van der Waals surface area contributed by atoms with Crippen molar-refractivity contribution in [3.63, 3.8) is 0 Å². The lowest BCUT2D eigenvalue weighted by Crippen LogP contribution is -2.04. The van der Waals surface area contributed by atoms with E-state index < -0.39 is 0 Å². The van der Waals surface area contributed by atoms with Crippen molar-refractivity contribution in [1.29, 1.82) is 0 Å². The zero-order chi connectivity index (χ0) is 15.1. The van der Waals surface area contributed by atoms with Crippen LogP contribution >= 0.6 is 0 Å². The van der Waals surface area contributed by atoms with E-state index in [1.807, 2.05) is 12.1 Å². The van der Waals surface area contributed by atoms with Crippen molar-refractivity contribution in [3.05, 3.63) is 41.6 Å². The van der Waals surface area contributed by atoms with Crippen molar-refractivity contribution in [3.8, 4) is 5.88 Å². The summed E-state index contributed by atoms with van der Waals surface area (Å²) in [6.45, 7) is 2.96. The molecule has 6 nitrogen and oxygen atoms in total. The fraction of sp³-hybridized carbons (Fsp3) is 0.400. The molecule has 0 aliphatic rings. The molecule has 0 unspecified atom stereocenters. The largest absolute Gasteiger partial charge is 0.479 e. The molecule has 1 aromatic heterocycles. The zero-order valence-corrected chi connectivity index (χ0v) is 12.3. The number of carbonyl (C=O) groups excluding carboxylic acids is 1. The summed E-state index contributed by atoms with van der Waals surface area (Å²) >= 11 is 0. The van der Waals surface area contributed by atoms with Gasteiger partial charge in [-0.1, -0.05) is 22.4 Å². The van der Waals surface area contributed by atoms with Gasteiger partial charge in [-0.25, -0.2) is 9.48 Å². The lowest BCUT2D eigenvalue weighted by atomic mass is 10.1. The Hall–Kier alpha value is -2.37. The number of hydrogen-bond donors (Lipinski definition) is 0. The summed E-state index contributed by atoms with van der Waals surface area (Å²) in [5, 5.41) is 7.80. The highest BCUT2D eigenvalue weighted by atomic mass is 16.5. The minimum Gasteiger partial charge on any atom is -0.479 e. The molecule has 0 atom stereocenters. The fourth-order valence-corrected chi connectivity index (χ4v) is 1.95. The SMILES string of the molecule is CCOC(=O)c1ccc(CCCn2cc(OC)nn2)cc1. The second-order valence-corrected chi connectivity index (χ2v) is 4.54. The van der Waals surface area contributed by atoms with Crippen molar-refractivity contribution in [1.82, 2.24) is 15.0 Å². The molecule has 2 rings (SSSR count). The zero-order valence-electron chi connectivity index (χ0n) is 12.3. The highest BCUT2D eigenvalue weighted by molar-refractivity contribution is 5.89. The maximum absolute atomic E-state index is 11.5. The predicted molar refractivity (Wildman–Crippen MR) is 77.3 cm³/mol. The summed E-state index contributed by atoms with van der Waals surface area (Å²) in [5.74, 6) is 0.243. The number of methoxy groups -OCH3 is 1. The Morgan fingerprint density at radius 3 is 2.67 bits per heavy atom. The monoisotopic (exact) mass is 289 g/mol. The number of aryl methyl sites for hydroxylation is 2. The van der Waals surface area contributed by atoms with Gasteiger partial charge in [0.25, 0.3) is 5.88 Å². The lowest BCUT2D eigenvalue weighted by molar-refractivity contribution is 0.0526. The van der Waals surface area contributed by atoms with Gasteiger partial charge < -0.3 is 9.47 Å². The molecule has 21 heavy (non-hydrogen) atoms. The highest BCUT2D eigenvalue weighted by Crippen LogP contribution is 2.09. The first kappa shape index (κ1) is 15.0. The smallest absolute Gasteiger partial charge is 0.338 e. The number of benzene rings is 1. The van der Waals surface area contributed by atoms with Crippen molar-refractivity contribution in [2.45, 2.75) is 26.3 Å². The molecule has 0 saturated carbocycles. The first-order valence-corrected chi connectivity index (χ1v) is 6.93. The van der Waals surface area contributed by atoms with Crippen LogP contribution in [-0.2, 0) is 17.7 Å². The van der Waals surface area contributed by atoms with E-state index in [1.54, 1.807) is 37.0 Å². The number of aromatic nitrogens is 3. The molecule has 0 saturated heterocycles. The van der Waals surface area contributed by atoms with Gasteiger partial charge in [0.15, 0.2) is 0 Å². The van der Waals surface area contributed by atoms with Gasteiger partial charge in [-0.2, -0.15) is 0 Å². The second kappa shape index (κ2) is 7.42. The van der Waals surface area contributed by atoms with Crippen LogP contribution in [0.25, 0.3) is 0 Å². The first-order chi connectivity index (χ1) is 10.2. The molecule has 0 radical (unpaired) electrons. The Morgan fingerprint density at radius 2 is 2.05 bits per heavy atom. The topological polar surface area (TPSA) is 66.2 Å². The van der Waals surface area contributed by atoms with Gasteiger partial charge in [-0.15, -0.1) is 0 Å². The van der Waals surface area contributed by atoms with E-state index in [0.29, 0.717) is 18.1 Å². The van der Waals surface area contributed by atoms with Crippen LogP contribution in [0.2, 0.25) is 0 Å². The quantitative estimate of drug-likeness (QED) is 0.730. The summed E-state index contributed by atoms with van der Waals surface area (Å²) in [5.41, 5.74) is 1.76. The summed E-state index contributed by atoms with van der Waals surface area (Å²) in [6, 6.07) is 7.50. The van der Waals surface area contributed by atoms with E-state index in [2.05, 4.69) is 10.3 Å². The van der Waals surface area contributed by atoms with Gasteiger partial charge in [-0.3, -0.25) is 0 Å². The number of hydrogen-bond acceptors (Lipinski definition) is 5. The molecule has 0 fully saturated rings. The molecule has 2 aromatic rings. The molecule has 0 N–H and O–H groups in total. The van der Waals surface area contributed by atoms with E-state index in [-0.39, 0.29) is 5.97 Å². The van der Waals surface area contributed by atoms with Crippen molar-refractivity contribution < 1.29 is 14.3 Å². The third kappa shape index (κ3) is 4.30. The summed E-state index contributed by atoms with van der Waals surface area (Å²) in [7, 11) is 1.57. The Labute approximate surface area is 123 Å². The molecule has 112 valence electrons. The minimum atomic E-state index is -0.279. The maximum atomic E-state index is 11.5. The first-order valence-electron chi connectivity index (χ1n) is 6.93. The maximum Gasteiger partial charge on any atom is 0.338 e. The van der Waals surface area contributed by atoms with Gasteiger partial charge in [0.1, 0.15) is 0 Å². The molecular weight excluding hydrogens is 270 g/mol. The highest BCUT2D eigenvalue weighted by Gasteiger charge is 2.05. The molecule has 0 aliphatic carbocycles. The van der Waals surface area contributed by atoms with Crippen LogP contribution < -0.4 is 4.74 Å². The third-order valence-corrected chi connectivity index (χ3v) is 3.04. The van der Waals surface area contributed by atoms with Crippen LogP contribution in [0.5, 0.6) is 5.88 Å². The van der Waals surface area contributed by atoms with Crippen LogP contribution in [0.15, 0.2) is 30.5 Å². The molecule has 1 heterocycles. The standard InChI is InChI=1S/C15H19N3O3/c1-3-21-15(19)13-8-6-12(7-9-13)5-4-10-18-11-14(20-2)16-17-18/h6-9,11H,3-5,10H2,1-2H3. The van der Waals surface area contributed by atoms with Gasteiger partial charge in [0.05, 0.1) is 25.5 Å². The molecular formula is C15H19N3O3. The molecule has 0 amide bonds. The molecule has 0 spiro atoms. The second-order valence-electron chi connectivity index (χ2n) is 4.54. The van der Waals surface area contributed by atoms with Gasteiger partial charge in [0.2, 0.25) is 0 Å². The van der Waals surface area contributed by atoms with Crippen molar-refractivity contribution in [2.24, 2.45) is 0 Å². The Balaban J connectivity index is 1.82. The average molecular weight is 289 g/mol. The van der Waals surface area contributed by atoms with E-state index in [9.17, 15) is 4.79 Å². The lowest BCUT2D eigenvalue weighted by Gasteiger charge is -2.04. The van der Waals surface area contributed by atoms with Gasteiger partial charge >= 0.3 is 5.97 Å². The summed E-state index contributed by atoms with van der Waals surface area (Å²) in [6.07, 6.45) is 3.61. The number of rotatable bonds is 7. The number of ether oxygens (including phenoxy) is 2. The number of carbonyl (C=O) groups is 1. The summed E-state index contributed by atoms with van der Waals surface area (Å²) < 4.78 is 11.7.